The number of halogens is 2. The van der Waals surface area contributed by atoms with Crippen molar-refractivity contribution in [3.8, 4) is 11.5 Å². The van der Waals surface area contributed by atoms with Crippen LogP contribution < -0.4 is 14.8 Å². The summed E-state index contributed by atoms with van der Waals surface area (Å²) in [6.07, 6.45) is 0. The van der Waals surface area contributed by atoms with Gasteiger partial charge in [-0.1, -0.05) is 29.8 Å². The van der Waals surface area contributed by atoms with E-state index in [1.165, 1.54) is 6.07 Å². The molecule has 1 heterocycles. The smallest absolute Gasteiger partial charge is 0.231 e. The van der Waals surface area contributed by atoms with Crippen molar-refractivity contribution < 1.29 is 13.9 Å². The van der Waals surface area contributed by atoms with Gasteiger partial charge in [-0.15, -0.1) is 0 Å². The zero-order chi connectivity index (χ0) is 14.8. The molecular weight excluding hydrogens is 293 g/mol. The van der Waals surface area contributed by atoms with Crippen molar-refractivity contribution in [2.75, 3.05) is 6.79 Å². The first-order valence-corrected chi connectivity index (χ1v) is 7.09. The molecule has 3 rings (SSSR count). The van der Waals surface area contributed by atoms with Crippen LogP contribution in [0, 0.1) is 5.82 Å². The van der Waals surface area contributed by atoms with Gasteiger partial charge in [0.15, 0.2) is 11.5 Å². The normalized spacial score (nSPS) is 14.2. The molecule has 1 aliphatic rings. The van der Waals surface area contributed by atoms with E-state index in [2.05, 4.69) is 5.32 Å². The number of nitrogens with one attached hydrogen (secondary N) is 1. The fourth-order valence-corrected chi connectivity index (χ4v) is 2.48. The molecule has 2 aromatic rings. The minimum absolute atomic E-state index is 0.0428. The Balaban J connectivity index is 1.70. The van der Waals surface area contributed by atoms with Crippen LogP contribution in [0.4, 0.5) is 4.39 Å². The van der Waals surface area contributed by atoms with E-state index in [1.807, 2.05) is 25.1 Å². The van der Waals surface area contributed by atoms with Crippen LogP contribution >= 0.6 is 11.6 Å². The first-order valence-electron chi connectivity index (χ1n) is 6.71. The summed E-state index contributed by atoms with van der Waals surface area (Å²) in [5.41, 5.74) is 1.97. The van der Waals surface area contributed by atoms with Crippen LogP contribution in [0.3, 0.4) is 0 Å². The SMILES string of the molecule is CC(NCc1cccc2c1OCO2)c1ccc(F)c(Cl)c1. The van der Waals surface area contributed by atoms with E-state index in [1.54, 1.807) is 12.1 Å². The lowest BCUT2D eigenvalue weighted by Crippen LogP contribution is -2.18. The fraction of sp³-hybridized carbons (Fsp3) is 0.250. The van der Waals surface area contributed by atoms with Gasteiger partial charge in [-0.3, -0.25) is 0 Å². The minimum atomic E-state index is -0.404. The number of benzene rings is 2. The first kappa shape index (κ1) is 14.2. The lowest BCUT2D eigenvalue weighted by Gasteiger charge is -2.15. The summed E-state index contributed by atoms with van der Waals surface area (Å²) in [7, 11) is 0. The highest BCUT2D eigenvalue weighted by Crippen LogP contribution is 2.35. The predicted octanol–water partition coefficient (Wildman–Crippen LogP) is 4.06. The molecular formula is C16H15ClFNO2. The van der Waals surface area contributed by atoms with Gasteiger partial charge in [0.1, 0.15) is 5.82 Å². The average Bonchev–Trinajstić information content (AvgIpc) is 2.96. The molecule has 0 radical (unpaired) electrons. The van der Waals surface area contributed by atoms with Gasteiger partial charge in [0.05, 0.1) is 5.02 Å². The van der Waals surface area contributed by atoms with E-state index in [4.69, 9.17) is 21.1 Å². The van der Waals surface area contributed by atoms with Gasteiger partial charge >= 0.3 is 0 Å². The molecule has 1 unspecified atom stereocenters. The molecule has 0 amide bonds. The molecule has 1 atom stereocenters. The third kappa shape index (κ3) is 2.96. The molecule has 3 nitrogen and oxygen atoms in total. The number of hydrogen-bond donors (Lipinski definition) is 1. The van der Waals surface area contributed by atoms with Gasteiger partial charge in [-0.2, -0.15) is 0 Å². The topological polar surface area (TPSA) is 30.5 Å². The van der Waals surface area contributed by atoms with E-state index in [-0.39, 0.29) is 17.9 Å². The molecule has 0 saturated heterocycles. The lowest BCUT2D eigenvalue weighted by atomic mass is 10.1. The van der Waals surface area contributed by atoms with Crippen molar-refractivity contribution in [2.45, 2.75) is 19.5 Å². The molecule has 1 N–H and O–H groups in total. The van der Waals surface area contributed by atoms with E-state index >= 15 is 0 Å². The van der Waals surface area contributed by atoms with E-state index < -0.39 is 5.82 Å². The van der Waals surface area contributed by atoms with Gasteiger partial charge in [-0.25, -0.2) is 4.39 Å². The summed E-state index contributed by atoms with van der Waals surface area (Å²) in [6.45, 7) is 2.89. The monoisotopic (exact) mass is 307 g/mol. The van der Waals surface area contributed by atoms with Crippen LogP contribution in [0.25, 0.3) is 0 Å². The highest BCUT2D eigenvalue weighted by Gasteiger charge is 2.17. The van der Waals surface area contributed by atoms with Gasteiger partial charge in [0.2, 0.25) is 6.79 Å². The number of hydrogen-bond acceptors (Lipinski definition) is 3. The second kappa shape index (κ2) is 5.92. The maximum absolute atomic E-state index is 13.2. The summed E-state index contributed by atoms with van der Waals surface area (Å²) in [5.74, 6) is 1.15. The van der Waals surface area contributed by atoms with Crippen LogP contribution in [0.15, 0.2) is 36.4 Å². The molecule has 0 aromatic heterocycles. The summed E-state index contributed by atoms with van der Waals surface area (Å²) in [5, 5.41) is 3.51. The van der Waals surface area contributed by atoms with Crippen LogP contribution in [-0.4, -0.2) is 6.79 Å². The van der Waals surface area contributed by atoms with Crippen molar-refractivity contribution in [1.82, 2.24) is 5.32 Å². The van der Waals surface area contributed by atoms with Crippen molar-refractivity contribution in [3.63, 3.8) is 0 Å². The third-order valence-electron chi connectivity index (χ3n) is 3.52. The van der Waals surface area contributed by atoms with Crippen LogP contribution in [0.5, 0.6) is 11.5 Å². The zero-order valence-corrected chi connectivity index (χ0v) is 12.3. The molecule has 110 valence electrons. The quantitative estimate of drug-likeness (QED) is 0.924. The molecule has 0 aliphatic carbocycles. The van der Waals surface area contributed by atoms with Crippen LogP contribution in [0.2, 0.25) is 5.02 Å². The molecule has 1 aliphatic heterocycles. The van der Waals surface area contributed by atoms with E-state index in [9.17, 15) is 4.39 Å². The standard InChI is InChI=1S/C16H15ClFNO2/c1-10(11-5-6-14(18)13(17)7-11)19-8-12-3-2-4-15-16(12)21-9-20-15/h2-7,10,19H,8-9H2,1H3. The van der Waals surface area contributed by atoms with Crippen LogP contribution in [0.1, 0.15) is 24.1 Å². The van der Waals surface area contributed by atoms with Crippen molar-refractivity contribution in [2.24, 2.45) is 0 Å². The highest BCUT2D eigenvalue weighted by molar-refractivity contribution is 6.30. The Kier molecular flexibility index (Phi) is 3.99. The summed E-state index contributed by atoms with van der Waals surface area (Å²) in [4.78, 5) is 0. The maximum atomic E-state index is 13.2. The third-order valence-corrected chi connectivity index (χ3v) is 3.81. The van der Waals surface area contributed by atoms with Gasteiger partial charge in [0.25, 0.3) is 0 Å². The molecule has 0 fully saturated rings. The summed E-state index contributed by atoms with van der Waals surface area (Å²) in [6, 6.07) is 10.6. The van der Waals surface area contributed by atoms with Crippen molar-refractivity contribution >= 4 is 11.6 Å². The molecule has 0 spiro atoms. The highest BCUT2D eigenvalue weighted by atomic mass is 35.5. The Labute approximate surface area is 127 Å². The fourth-order valence-electron chi connectivity index (χ4n) is 2.29. The maximum Gasteiger partial charge on any atom is 0.231 e. The Morgan fingerprint density at radius 1 is 1.29 bits per heavy atom. The molecule has 2 aromatic carbocycles. The summed E-state index contributed by atoms with van der Waals surface area (Å²) < 4.78 is 24.0. The molecule has 0 saturated carbocycles. The Bertz CT molecular complexity index is 663. The number of rotatable bonds is 4. The van der Waals surface area contributed by atoms with Gasteiger partial charge in [0, 0.05) is 18.2 Å². The zero-order valence-electron chi connectivity index (χ0n) is 11.5. The Morgan fingerprint density at radius 3 is 2.95 bits per heavy atom. The number of para-hydroxylation sites is 1. The second-order valence-corrected chi connectivity index (χ2v) is 5.33. The van der Waals surface area contributed by atoms with Crippen LogP contribution in [-0.2, 0) is 6.54 Å². The molecule has 0 bridgehead atoms. The Morgan fingerprint density at radius 2 is 2.14 bits per heavy atom. The number of fused-ring (bicyclic) bond motifs is 1. The predicted molar refractivity (Wildman–Crippen MR) is 79.2 cm³/mol. The average molecular weight is 308 g/mol. The van der Waals surface area contributed by atoms with Gasteiger partial charge in [-0.05, 0) is 30.7 Å². The molecule has 5 heteroatoms. The second-order valence-electron chi connectivity index (χ2n) is 4.93. The molecule has 21 heavy (non-hydrogen) atoms. The van der Waals surface area contributed by atoms with Gasteiger partial charge < -0.3 is 14.8 Å². The van der Waals surface area contributed by atoms with Crippen molar-refractivity contribution in [1.29, 1.82) is 0 Å². The van der Waals surface area contributed by atoms with E-state index in [0.29, 0.717) is 6.54 Å². The Hall–Kier alpha value is -1.78. The largest absolute Gasteiger partial charge is 0.454 e. The minimum Gasteiger partial charge on any atom is -0.454 e. The lowest BCUT2D eigenvalue weighted by molar-refractivity contribution is 0.173. The van der Waals surface area contributed by atoms with Crippen molar-refractivity contribution in [3.05, 3.63) is 58.4 Å². The van der Waals surface area contributed by atoms with E-state index in [0.717, 1.165) is 22.6 Å². The number of ether oxygens (including phenoxy) is 2. The summed E-state index contributed by atoms with van der Waals surface area (Å²) >= 11 is 5.81. The first-order chi connectivity index (χ1) is 10.1.